The zero-order valence-corrected chi connectivity index (χ0v) is 23.7. The molecule has 11 heteroatoms. The number of sulfonamides is 1. The highest BCUT2D eigenvalue weighted by Crippen LogP contribution is 2.47. The molecular weight excluding hydrogens is 528 g/mol. The normalized spacial score (nSPS) is 17.5. The van der Waals surface area contributed by atoms with Crippen LogP contribution in [0.4, 0.5) is 5.69 Å². The Balaban J connectivity index is 0.00000400. The van der Waals surface area contributed by atoms with E-state index in [4.69, 9.17) is 10.5 Å². The number of anilines is 1. The van der Waals surface area contributed by atoms with Crippen LogP contribution in [-0.2, 0) is 36.4 Å². The summed E-state index contributed by atoms with van der Waals surface area (Å²) >= 11 is 0. The number of hydrogen-bond donors (Lipinski definition) is 2. The quantitative estimate of drug-likeness (QED) is 0.507. The fourth-order valence-electron chi connectivity index (χ4n) is 5.07. The maximum Gasteiger partial charge on any atom is 0.247 e. The van der Waals surface area contributed by atoms with Gasteiger partial charge >= 0.3 is 0 Å². The molecule has 0 unspecified atom stereocenters. The number of likely N-dealkylation sites (tertiary alicyclic amines) is 1. The molecule has 0 radical (unpaired) electrons. The van der Waals surface area contributed by atoms with Crippen molar-refractivity contribution in [2.24, 2.45) is 5.73 Å². The number of nitrogens with one attached hydrogen (secondary N) is 1. The molecule has 2 amide bonds. The third-order valence-corrected chi connectivity index (χ3v) is 8.33. The minimum Gasteiger partial charge on any atom is -0.374 e. The van der Waals surface area contributed by atoms with Gasteiger partial charge in [0.2, 0.25) is 21.8 Å². The van der Waals surface area contributed by atoms with E-state index in [1.54, 1.807) is 18.7 Å². The summed E-state index contributed by atoms with van der Waals surface area (Å²) in [6.45, 7) is 4.77. The van der Waals surface area contributed by atoms with Gasteiger partial charge in [-0.2, -0.15) is 0 Å². The van der Waals surface area contributed by atoms with Gasteiger partial charge in [-0.15, -0.1) is 12.4 Å². The lowest BCUT2D eigenvalue weighted by molar-refractivity contribution is -0.140. The highest BCUT2D eigenvalue weighted by Gasteiger charge is 2.48. The fourth-order valence-corrected chi connectivity index (χ4v) is 6.07. The van der Waals surface area contributed by atoms with Crippen LogP contribution in [0.5, 0.6) is 0 Å². The van der Waals surface area contributed by atoms with Crippen molar-refractivity contribution in [1.82, 2.24) is 10.2 Å². The van der Waals surface area contributed by atoms with Gasteiger partial charge in [0.15, 0.2) is 0 Å². The molecule has 2 aromatic carbocycles. The van der Waals surface area contributed by atoms with Crippen LogP contribution < -0.4 is 15.4 Å². The number of rotatable bonds is 8. The smallest absolute Gasteiger partial charge is 0.247 e. The van der Waals surface area contributed by atoms with Crippen molar-refractivity contribution in [1.29, 1.82) is 0 Å². The number of amides is 2. The maximum atomic E-state index is 13.6. The average molecular weight is 565 g/mol. The Hall–Kier alpha value is -2.66. The van der Waals surface area contributed by atoms with Crippen LogP contribution in [0.1, 0.15) is 37.8 Å². The maximum absolute atomic E-state index is 13.6. The summed E-state index contributed by atoms with van der Waals surface area (Å²) in [5.74, 6) is -0.664. The van der Waals surface area contributed by atoms with E-state index in [2.05, 4.69) is 5.32 Å². The Labute approximate surface area is 231 Å². The molecule has 3 N–H and O–H groups in total. The van der Waals surface area contributed by atoms with Gasteiger partial charge in [0.25, 0.3) is 0 Å². The molecule has 208 valence electrons. The predicted octanol–water partition coefficient (Wildman–Crippen LogP) is 2.19. The van der Waals surface area contributed by atoms with Crippen molar-refractivity contribution in [2.45, 2.75) is 50.3 Å². The van der Waals surface area contributed by atoms with Gasteiger partial charge in [-0.1, -0.05) is 48.5 Å². The van der Waals surface area contributed by atoms with E-state index in [9.17, 15) is 18.0 Å². The highest BCUT2D eigenvalue weighted by atomic mass is 35.5. The Morgan fingerprint density at radius 1 is 1.08 bits per heavy atom. The molecule has 1 saturated heterocycles. The SMILES string of the molecule is CC(C)(N)C(=O)N[C@H](COCc1ccccc1)C(=O)N1CCC2(CC1)CN(S(C)(=O)=O)c1ccccc12.Cl. The number of ether oxygens (including phenoxy) is 1. The predicted molar refractivity (Wildman–Crippen MR) is 150 cm³/mol. The highest BCUT2D eigenvalue weighted by molar-refractivity contribution is 7.92. The lowest BCUT2D eigenvalue weighted by atomic mass is 9.74. The first kappa shape index (κ1) is 29.9. The van der Waals surface area contributed by atoms with E-state index in [-0.39, 0.29) is 30.3 Å². The Bertz CT molecular complexity index is 1240. The molecule has 2 aliphatic heterocycles. The molecule has 2 aromatic rings. The van der Waals surface area contributed by atoms with Crippen LogP contribution >= 0.6 is 12.4 Å². The second kappa shape index (κ2) is 11.6. The first-order valence-electron chi connectivity index (χ1n) is 12.5. The zero-order valence-electron chi connectivity index (χ0n) is 22.1. The van der Waals surface area contributed by atoms with Gasteiger partial charge in [-0.05, 0) is 43.9 Å². The van der Waals surface area contributed by atoms with Gasteiger partial charge in [0.1, 0.15) is 6.04 Å². The van der Waals surface area contributed by atoms with Crippen LogP contribution in [0.25, 0.3) is 0 Å². The van der Waals surface area contributed by atoms with Gasteiger partial charge < -0.3 is 20.7 Å². The number of fused-ring (bicyclic) bond motifs is 2. The van der Waals surface area contributed by atoms with E-state index in [1.807, 2.05) is 54.6 Å². The van der Waals surface area contributed by atoms with E-state index in [0.29, 0.717) is 39.1 Å². The third kappa shape index (κ3) is 6.48. The average Bonchev–Trinajstić information content (AvgIpc) is 3.18. The monoisotopic (exact) mass is 564 g/mol. The summed E-state index contributed by atoms with van der Waals surface area (Å²) in [7, 11) is -3.42. The van der Waals surface area contributed by atoms with Crippen molar-refractivity contribution < 1.29 is 22.7 Å². The van der Waals surface area contributed by atoms with Gasteiger partial charge in [-0.25, -0.2) is 8.42 Å². The van der Waals surface area contributed by atoms with Gasteiger partial charge in [0.05, 0.1) is 30.7 Å². The van der Waals surface area contributed by atoms with Crippen molar-refractivity contribution in [3.8, 4) is 0 Å². The van der Waals surface area contributed by atoms with E-state index >= 15 is 0 Å². The molecule has 1 fully saturated rings. The molecule has 38 heavy (non-hydrogen) atoms. The van der Waals surface area contributed by atoms with E-state index < -0.39 is 27.5 Å². The molecule has 1 atom stereocenters. The largest absolute Gasteiger partial charge is 0.374 e. The Morgan fingerprint density at radius 3 is 2.29 bits per heavy atom. The number of halogens is 1. The Kier molecular flexibility index (Phi) is 9.13. The van der Waals surface area contributed by atoms with Crippen molar-refractivity contribution >= 4 is 39.9 Å². The van der Waals surface area contributed by atoms with E-state index in [1.165, 1.54) is 10.6 Å². The summed E-state index contributed by atoms with van der Waals surface area (Å²) in [6, 6.07) is 16.3. The number of carbonyl (C=O) groups is 2. The molecule has 2 aliphatic rings. The molecule has 4 rings (SSSR count). The number of piperidine rings is 1. The van der Waals surface area contributed by atoms with Crippen LogP contribution in [0.2, 0.25) is 0 Å². The van der Waals surface area contributed by atoms with Crippen LogP contribution in [-0.4, -0.2) is 69.2 Å². The standard InChI is InChI=1S/C27H36N4O5S.ClH/c1-26(2,28)25(33)29-22(18-36-17-20-9-5-4-6-10-20)24(32)30-15-13-27(14-16-30)19-31(37(3,34)35)23-12-8-7-11-21(23)27;/h4-12,22H,13-19,28H2,1-3H3,(H,29,33);1H/t22-;/m1./s1. The summed E-state index contributed by atoms with van der Waals surface area (Å²) in [4.78, 5) is 27.9. The number of nitrogens with two attached hydrogens (primary N) is 1. The fraction of sp³-hybridized carbons (Fsp3) is 0.481. The van der Waals surface area contributed by atoms with Crippen molar-refractivity contribution in [2.75, 3.05) is 36.8 Å². The minimum absolute atomic E-state index is 0. The first-order chi connectivity index (χ1) is 17.4. The van der Waals surface area contributed by atoms with Crippen LogP contribution in [0.3, 0.4) is 0 Å². The van der Waals surface area contributed by atoms with Crippen LogP contribution in [0.15, 0.2) is 54.6 Å². The lowest BCUT2D eigenvalue weighted by Crippen LogP contribution is -2.59. The summed E-state index contributed by atoms with van der Waals surface area (Å²) in [6.07, 6.45) is 2.47. The number of benzene rings is 2. The van der Waals surface area contributed by atoms with Crippen molar-refractivity contribution in [3.05, 3.63) is 65.7 Å². The zero-order chi connectivity index (χ0) is 26.8. The molecular formula is C27H37ClN4O5S. The first-order valence-corrected chi connectivity index (χ1v) is 14.3. The van der Waals surface area contributed by atoms with E-state index in [0.717, 1.165) is 16.8 Å². The molecule has 2 heterocycles. The molecule has 1 spiro atoms. The summed E-state index contributed by atoms with van der Waals surface area (Å²) < 4.78 is 32.2. The number of hydrogen-bond acceptors (Lipinski definition) is 6. The number of carbonyl (C=O) groups excluding carboxylic acids is 2. The van der Waals surface area contributed by atoms with Crippen molar-refractivity contribution in [3.63, 3.8) is 0 Å². The second-order valence-electron chi connectivity index (χ2n) is 10.6. The lowest BCUT2D eigenvalue weighted by Gasteiger charge is -2.41. The van der Waals surface area contributed by atoms with Crippen LogP contribution in [0, 0.1) is 0 Å². The third-order valence-electron chi connectivity index (χ3n) is 7.21. The minimum atomic E-state index is -3.42. The second-order valence-corrected chi connectivity index (χ2v) is 12.5. The summed E-state index contributed by atoms with van der Waals surface area (Å²) in [5.41, 5.74) is 7.16. The molecule has 0 aliphatic carbocycles. The molecule has 9 nitrogen and oxygen atoms in total. The van der Waals surface area contributed by atoms with Gasteiger partial charge in [0, 0.05) is 25.0 Å². The summed E-state index contributed by atoms with van der Waals surface area (Å²) in [5, 5.41) is 2.78. The number of nitrogens with zero attached hydrogens (tertiary/aromatic N) is 2. The molecule has 0 aromatic heterocycles. The number of para-hydroxylation sites is 1. The topological polar surface area (TPSA) is 122 Å². The van der Waals surface area contributed by atoms with Gasteiger partial charge in [-0.3, -0.25) is 13.9 Å². The molecule has 0 bridgehead atoms. The Morgan fingerprint density at radius 2 is 1.68 bits per heavy atom. The molecule has 0 saturated carbocycles.